The first-order valence-electron chi connectivity index (χ1n) is 5.35. The molecule has 0 saturated carbocycles. The third-order valence-corrected chi connectivity index (χ3v) is 2.98. The molecular weight excluding hydrogens is 236 g/mol. The SMILES string of the molecule is OCc1ccc(Cc2ccc(O)cc2)c(Cl)c1. The van der Waals surface area contributed by atoms with Crippen molar-refractivity contribution in [1.82, 2.24) is 0 Å². The van der Waals surface area contributed by atoms with Gasteiger partial charge in [0.25, 0.3) is 0 Å². The van der Waals surface area contributed by atoms with Gasteiger partial charge in [0.15, 0.2) is 0 Å². The highest BCUT2D eigenvalue weighted by Crippen LogP contribution is 2.22. The molecule has 0 aliphatic carbocycles. The summed E-state index contributed by atoms with van der Waals surface area (Å²) in [7, 11) is 0. The molecule has 2 nitrogen and oxygen atoms in total. The van der Waals surface area contributed by atoms with Crippen molar-refractivity contribution in [3.05, 3.63) is 64.2 Å². The van der Waals surface area contributed by atoms with Gasteiger partial charge < -0.3 is 10.2 Å². The summed E-state index contributed by atoms with van der Waals surface area (Å²) < 4.78 is 0. The molecular formula is C14H13ClO2. The van der Waals surface area contributed by atoms with E-state index in [0.717, 1.165) is 16.7 Å². The lowest BCUT2D eigenvalue weighted by Gasteiger charge is -2.06. The molecule has 3 heteroatoms. The molecule has 88 valence electrons. The molecule has 0 heterocycles. The number of phenolic OH excluding ortho intramolecular Hbond substituents is 1. The third kappa shape index (κ3) is 2.99. The lowest BCUT2D eigenvalue weighted by Crippen LogP contribution is -1.91. The van der Waals surface area contributed by atoms with Crippen molar-refractivity contribution in [3.8, 4) is 5.75 Å². The molecule has 0 bridgehead atoms. The summed E-state index contributed by atoms with van der Waals surface area (Å²) in [4.78, 5) is 0. The summed E-state index contributed by atoms with van der Waals surface area (Å²) in [5, 5.41) is 18.8. The van der Waals surface area contributed by atoms with Gasteiger partial charge in [0, 0.05) is 5.02 Å². The first kappa shape index (κ1) is 12.0. The van der Waals surface area contributed by atoms with Gasteiger partial charge in [-0.05, 0) is 41.3 Å². The fraction of sp³-hybridized carbons (Fsp3) is 0.143. The Balaban J connectivity index is 2.21. The van der Waals surface area contributed by atoms with E-state index >= 15 is 0 Å². The van der Waals surface area contributed by atoms with Crippen molar-refractivity contribution < 1.29 is 10.2 Å². The second-order valence-electron chi connectivity index (χ2n) is 3.93. The Hall–Kier alpha value is -1.51. The molecule has 2 rings (SSSR count). The standard InChI is InChI=1S/C14H13ClO2/c15-14-8-11(9-16)1-4-12(14)7-10-2-5-13(17)6-3-10/h1-6,8,16-17H,7,9H2. The number of phenols is 1. The van der Waals surface area contributed by atoms with Crippen molar-refractivity contribution in [3.63, 3.8) is 0 Å². The van der Waals surface area contributed by atoms with Gasteiger partial charge in [0.2, 0.25) is 0 Å². The average molecular weight is 249 g/mol. The Bertz CT molecular complexity index is 506. The van der Waals surface area contributed by atoms with Crippen LogP contribution in [-0.4, -0.2) is 10.2 Å². The van der Waals surface area contributed by atoms with Crippen LogP contribution in [0.2, 0.25) is 5.02 Å². The van der Waals surface area contributed by atoms with E-state index in [1.165, 1.54) is 0 Å². The van der Waals surface area contributed by atoms with Crippen LogP contribution < -0.4 is 0 Å². The van der Waals surface area contributed by atoms with Crippen LogP contribution in [-0.2, 0) is 13.0 Å². The summed E-state index contributed by atoms with van der Waals surface area (Å²) in [5.74, 6) is 0.260. The summed E-state index contributed by atoms with van der Waals surface area (Å²) in [5.41, 5.74) is 2.90. The minimum Gasteiger partial charge on any atom is -0.508 e. The highest BCUT2D eigenvalue weighted by Gasteiger charge is 2.03. The van der Waals surface area contributed by atoms with Crippen LogP contribution >= 0.6 is 11.6 Å². The highest BCUT2D eigenvalue weighted by atomic mass is 35.5. The van der Waals surface area contributed by atoms with Gasteiger partial charge in [-0.2, -0.15) is 0 Å². The topological polar surface area (TPSA) is 40.5 Å². The molecule has 2 N–H and O–H groups in total. The van der Waals surface area contributed by atoms with E-state index in [0.29, 0.717) is 11.4 Å². The summed E-state index contributed by atoms with van der Waals surface area (Å²) in [6.45, 7) is -0.000784. The van der Waals surface area contributed by atoms with Gasteiger partial charge >= 0.3 is 0 Å². The molecule has 0 radical (unpaired) electrons. The zero-order chi connectivity index (χ0) is 12.3. The second kappa shape index (κ2) is 5.21. The van der Waals surface area contributed by atoms with Crippen LogP contribution in [0.4, 0.5) is 0 Å². The van der Waals surface area contributed by atoms with Gasteiger partial charge in [-0.3, -0.25) is 0 Å². The molecule has 0 amide bonds. The maximum Gasteiger partial charge on any atom is 0.115 e. The molecule has 0 atom stereocenters. The molecule has 0 aliphatic rings. The number of hydrogen-bond donors (Lipinski definition) is 2. The van der Waals surface area contributed by atoms with Crippen LogP contribution in [0.3, 0.4) is 0 Å². The predicted octanol–water partition coefficient (Wildman–Crippen LogP) is 3.13. The lowest BCUT2D eigenvalue weighted by molar-refractivity contribution is 0.282. The molecule has 2 aromatic carbocycles. The Morgan fingerprint density at radius 1 is 0.941 bits per heavy atom. The summed E-state index contributed by atoms with van der Waals surface area (Å²) >= 11 is 6.13. The number of hydrogen-bond acceptors (Lipinski definition) is 2. The number of benzene rings is 2. The largest absolute Gasteiger partial charge is 0.508 e. The van der Waals surface area contributed by atoms with E-state index in [2.05, 4.69) is 0 Å². The molecule has 17 heavy (non-hydrogen) atoms. The van der Waals surface area contributed by atoms with Crippen molar-refractivity contribution in [2.75, 3.05) is 0 Å². The first-order chi connectivity index (χ1) is 8.19. The van der Waals surface area contributed by atoms with E-state index in [1.54, 1.807) is 18.2 Å². The number of aliphatic hydroxyl groups is 1. The Kier molecular flexibility index (Phi) is 3.67. The van der Waals surface area contributed by atoms with Gasteiger partial charge in [0.1, 0.15) is 5.75 Å². The fourth-order valence-corrected chi connectivity index (χ4v) is 1.94. The predicted molar refractivity (Wildman–Crippen MR) is 68.3 cm³/mol. The van der Waals surface area contributed by atoms with E-state index in [9.17, 15) is 5.11 Å². The maximum atomic E-state index is 9.19. The number of halogens is 1. The zero-order valence-electron chi connectivity index (χ0n) is 9.23. The smallest absolute Gasteiger partial charge is 0.115 e. The van der Waals surface area contributed by atoms with Gasteiger partial charge in [-0.25, -0.2) is 0 Å². The number of aliphatic hydroxyl groups excluding tert-OH is 1. The Labute approximate surface area is 105 Å². The van der Waals surface area contributed by atoms with Gasteiger partial charge in [0.05, 0.1) is 6.61 Å². The van der Waals surface area contributed by atoms with Gasteiger partial charge in [-0.1, -0.05) is 35.9 Å². The summed E-state index contributed by atoms with van der Waals surface area (Å²) in [6, 6.07) is 12.6. The lowest BCUT2D eigenvalue weighted by atomic mass is 10.0. The summed E-state index contributed by atoms with van der Waals surface area (Å²) in [6.07, 6.45) is 0.713. The normalized spacial score (nSPS) is 10.5. The quantitative estimate of drug-likeness (QED) is 0.876. The van der Waals surface area contributed by atoms with Crippen LogP contribution in [0, 0.1) is 0 Å². The average Bonchev–Trinajstić information content (AvgIpc) is 2.34. The Morgan fingerprint density at radius 2 is 1.59 bits per heavy atom. The monoisotopic (exact) mass is 248 g/mol. The molecule has 0 unspecified atom stereocenters. The molecule has 2 aromatic rings. The minimum absolute atomic E-state index is 0.000784. The van der Waals surface area contributed by atoms with Gasteiger partial charge in [-0.15, -0.1) is 0 Å². The van der Waals surface area contributed by atoms with E-state index in [-0.39, 0.29) is 12.4 Å². The van der Waals surface area contributed by atoms with Crippen molar-refractivity contribution in [2.45, 2.75) is 13.0 Å². The van der Waals surface area contributed by atoms with Crippen molar-refractivity contribution in [2.24, 2.45) is 0 Å². The van der Waals surface area contributed by atoms with Crippen molar-refractivity contribution >= 4 is 11.6 Å². The molecule has 0 spiro atoms. The van der Waals surface area contributed by atoms with Crippen LogP contribution in [0.5, 0.6) is 5.75 Å². The van der Waals surface area contributed by atoms with E-state index < -0.39 is 0 Å². The van der Waals surface area contributed by atoms with Crippen molar-refractivity contribution in [1.29, 1.82) is 0 Å². The maximum absolute atomic E-state index is 9.19. The van der Waals surface area contributed by atoms with E-state index in [4.69, 9.17) is 16.7 Å². The molecule has 0 aliphatic heterocycles. The van der Waals surface area contributed by atoms with Crippen LogP contribution in [0.25, 0.3) is 0 Å². The Morgan fingerprint density at radius 3 is 2.18 bits per heavy atom. The van der Waals surface area contributed by atoms with Crippen LogP contribution in [0.15, 0.2) is 42.5 Å². The molecule has 0 saturated heterocycles. The number of aromatic hydroxyl groups is 1. The van der Waals surface area contributed by atoms with E-state index in [1.807, 2.05) is 24.3 Å². The molecule has 0 fully saturated rings. The second-order valence-corrected chi connectivity index (χ2v) is 4.33. The number of rotatable bonds is 3. The molecule has 0 aromatic heterocycles. The zero-order valence-corrected chi connectivity index (χ0v) is 9.98. The minimum atomic E-state index is -0.000784. The first-order valence-corrected chi connectivity index (χ1v) is 5.73. The van der Waals surface area contributed by atoms with Crippen LogP contribution in [0.1, 0.15) is 16.7 Å². The highest BCUT2D eigenvalue weighted by molar-refractivity contribution is 6.31. The fourth-order valence-electron chi connectivity index (χ4n) is 1.67. The third-order valence-electron chi connectivity index (χ3n) is 2.63.